The van der Waals surface area contributed by atoms with Gasteiger partial charge in [0.2, 0.25) is 15.0 Å². The third-order valence-electron chi connectivity index (χ3n) is 4.77. The topological polar surface area (TPSA) is 67.2 Å². The second-order valence-corrected chi connectivity index (χ2v) is 10.6. The molecule has 0 aliphatic heterocycles. The Kier molecular flexibility index (Phi) is 8.43. The number of rotatable bonds is 9. The lowest BCUT2D eigenvalue weighted by Crippen LogP contribution is -2.42. The summed E-state index contributed by atoms with van der Waals surface area (Å²) < 4.78 is 28.4. The van der Waals surface area contributed by atoms with Crippen molar-refractivity contribution in [3.8, 4) is 0 Å². The van der Waals surface area contributed by atoms with Crippen molar-refractivity contribution in [3.63, 3.8) is 0 Å². The summed E-state index contributed by atoms with van der Waals surface area (Å²) in [5, 5.41) is 4.05. The molecular weight excluding hydrogens is 416 g/mol. The first-order valence-corrected chi connectivity index (χ1v) is 12.5. The standard InChI is InChI=1S/C22H34N4O2S2/c1-7-25(21(29)24-17(4)5)14-20-12-23-22(26(20)13-16(2)3)30(27,28)15-19-11-9-8-10-18(19)6/h8-12,16-17H,7,13-15H2,1-6H3,(H,24,29). The smallest absolute Gasteiger partial charge is 0.228 e. The molecule has 1 aromatic heterocycles. The summed E-state index contributed by atoms with van der Waals surface area (Å²) in [6.45, 7) is 14.0. The first-order valence-electron chi connectivity index (χ1n) is 10.4. The monoisotopic (exact) mass is 450 g/mol. The van der Waals surface area contributed by atoms with Crippen LogP contribution >= 0.6 is 12.2 Å². The van der Waals surface area contributed by atoms with Gasteiger partial charge in [-0.25, -0.2) is 13.4 Å². The first-order chi connectivity index (χ1) is 14.0. The predicted molar refractivity (Wildman–Crippen MR) is 126 cm³/mol. The summed E-state index contributed by atoms with van der Waals surface area (Å²) in [5.74, 6) is 0.222. The van der Waals surface area contributed by atoms with Crippen molar-refractivity contribution in [1.29, 1.82) is 0 Å². The molecule has 30 heavy (non-hydrogen) atoms. The normalized spacial score (nSPS) is 11.9. The molecule has 0 aliphatic rings. The Morgan fingerprint density at radius 1 is 1.23 bits per heavy atom. The minimum atomic E-state index is -3.59. The number of nitrogens with one attached hydrogen (secondary N) is 1. The highest BCUT2D eigenvalue weighted by Crippen LogP contribution is 2.21. The van der Waals surface area contributed by atoms with Gasteiger partial charge in [-0.3, -0.25) is 0 Å². The van der Waals surface area contributed by atoms with Gasteiger partial charge < -0.3 is 14.8 Å². The van der Waals surface area contributed by atoms with Crippen LogP contribution in [0.5, 0.6) is 0 Å². The number of sulfone groups is 1. The van der Waals surface area contributed by atoms with E-state index >= 15 is 0 Å². The molecule has 0 amide bonds. The van der Waals surface area contributed by atoms with E-state index in [9.17, 15) is 8.42 Å². The Bertz CT molecular complexity index is 965. The fraction of sp³-hybridized carbons (Fsp3) is 0.545. The van der Waals surface area contributed by atoms with Gasteiger partial charge in [-0.1, -0.05) is 38.1 Å². The van der Waals surface area contributed by atoms with Crippen LogP contribution in [0.4, 0.5) is 0 Å². The summed E-state index contributed by atoms with van der Waals surface area (Å²) >= 11 is 5.53. The van der Waals surface area contributed by atoms with Gasteiger partial charge in [0.1, 0.15) is 0 Å². The van der Waals surface area contributed by atoms with Gasteiger partial charge in [0.05, 0.1) is 24.2 Å². The van der Waals surface area contributed by atoms with E-state index in [0.717, 1.165) is 23.4 Å². The largest absolute Gasteiger partial charge is 0.360 e. The predicted octanol–water partition coefficient (Wildman–Crippen LogP) is 3.93. The van der Waals surface area contributed by atoms with E-state index in [0.29, 0.717) is 18.2 Å². The van der Waals surface area contributed by atoms with Gasteiger partial charge in [-0.05, 0) is 57.0 Å². The van der Waals surface area contributed by atoms with E-state index in [-0.39, 0.29) is 22.9 Å². The number of imidazole rings is 1. The molecule has 0 aliphatic carbocycles. The number of thiocarbonyl (C=S) groups is 1. The second-order valence-electron chi connectivity index (χ2n) is 8.34. The zero-order valence-corrected chi connectivity index (χ0v) is 20.5. The fourth-order valence-electron chi connectivity index (χ4n) is 3.23. The summed E-state index contributed by atoms with van der Waals surface area (Å²) in [7, 11) is -3.59. The summed E-state index contributed by atoms with van der Waals surface area (Å²) in [5.41, 5.74) is 2.61. The lowest BCUT2D eigenvalue weighted by molar-refractivity contribution is 0.390. The van der Waals surface area contributed by atoms with Crippen LogP contribution in [0.25, 0.3) is 0 Å². The molecule has 6 nitrogen and oxygen atoms in total. The Morgan fingerprint density at radius 3 is 2.47 bits per heavy atom. The second kappa shape index (κ2) is 10.4. The molecule has 0 fully saturated rings. The molecule has 0 radical (unpaired) electrons. The Morgan fingerprint density at radius 2 is 1.90 bits per heavy atom. The van der Waals surface area contributed by atoms with E-state index in [4.69, 9.17) is 12.2 Å². The molecule has 0 saturated carbocycles. The van der Waals surface area contributed by atoms with E-state index in [1.54, 1.807) is 6.20 Å². The average molecular weight is 451 g/mol. The highest BCUT2D eigenvalue weighted by atomic mass is 32.2. The molecule has 8 heteroatoms. The van der Waals surface area contributed by atoms with Crippen molar-refractivity contribution in [2.45, 2.75) is 71.6 Å². The highest BCUT2D eigenvalue weighted by Gasteiger charge is 2.26. The van der Waals surface area contributed by atoms with Gasteiger partial charge in [0.25, 0.3) is 0 Å². The van der Waals surface area contributed by atoms with Crippen LogP contribution in [0.3, 0.4) is 0 Å². The van der Waals surface area contributed by atoms with Crippen LogP contribution in [0.2, 0.25) is 0 Å². The number of hydrogen-bond acceptors (Lipinski definition) is 4. The zero-order chi connectivity index (χ0) is 22.5. The molecule has 0 spiro atoms. The number of aryl methyl sites for hydroxylation is 1. The number of hydrogen-bond donors (Lipinski definition) is 1. The van der Waals surface area contributed by atoms with Gasteiger partial charge in [-0.2, -0.15) is 0 Å². The molecule has 1 heterocycles. The van der Waals surface area contributed by atoms with Crippen LogP contribution in [0.15, 0.2) is 35.6 Å². The van der Waals surface area contributed by atoms with E-state index in [1.165, 1.54) is 0 Å². The SMILES string of the molecule is CCN(Cc1cnc(S(=O)(=O)Cc2ccccc2C)n1CC(C)C)C(=S)NC(C)C. The van der Waals surface area contributed by atoms with Crippen molar-refractivity contribution in [2.75, 3.05) is 6.54 Å². The highest BCUT2D eigenvalue weighted by molar-refractivity contribution is 7.90. The lowest BCUT2D eigenvalue weighted by atomic mass is 10.1. The molecule has 0 atom stereocenters. The summed E-state index contributed by atoms with van der Waals surface area (Å²) in [4.78, 5) is 6.39. The fourth-order valence-corrected chi connectivity index (χ4v) is 5.26. The van der Waals surface area contributed by atoms with Crippen LogP contribution in [0.1, 0.15) is 51.4 Å². The molecule has 2 rings (SSSR count). The maximum Gasteiger partial charge on any atom is 0.228 e. The third-order valence-corrected chi connectivity index (χ3v) is 6.72. The molecule has 166 valence electrons. The van der Waals surface area contributed by atoms with Crippen LogP contribution in [0, 0.1) is 12.8 Å². The van der Waals surface area contributed by atoms with Gasteiger partial charge in [-0.15, -0.1) is 0 Å². The maximum absolute atomic E-state index is 13.3. The number of aromatic nitrogens is 2. The molecule has 2 aromatic rings. The van der Waals surface area contributed by atoms with Crippen molar-refractivity contribution in [2.24, 2.45) is 5.92 Å². The molecule has 0 unspecified atom stereocenters. The van der Waals surface area contributed by atoms with Crippen LogP contribution < -0.4 is 5.32 Å². The third kappa shape index (κ3) is 6.28. The van der Waals surface area contributed by atoms with E-state index in [2.05, 4.69) is 24.1 Å². The Balaban J connectivity index is 2.38. The van der Waals surface area contributed by atoms with Gasteiger partial charge in [0.15, 0.2) is 5.11 Å². The number of benzene rings is 1. The zero-order valence-electron chi connectivity index (χ0n) is 18.8. The van der Waals surface area contributed by atoms with Crippen LogP contribution in [-0.4, -0.2) is 40.6 Å². The quantitative estimate of drug-likeness (QED) is 0.584. The van der Waals surface area contributed by atoms with Crippen molar-refractivity contribution in [1.82, 2.24) is 19.8 Å². The Labute approximate surface area is 186 Å². The lowest BCUT2D eigenvalue weighted by Gasteiger charge is -2.26. The number of nitrogens with zero attached hydrogens (tertiary/aromatic N) is 3. The summed E-state index contributed by atoms with van der Waals surface area (Å²) in [6, 6.07) is 7.80. The average Bonchev–Trinajstić information content (AvgIpc) is 3.03. The van der Waals surface area contributed by atoms with Crippen molar-refractivity contribution in [3.05, 3.63) is 47.3 Å². The molecule has 0 bridgehead atoms. The maximum atomic E-state index is 13.3. The van der Waals surface area contributed by atoms with Gasteiger partial charge >= 0.3 is 0 Å². The summed E-state index contributed by atoms with van der Waals surface area (Å²) in [6.07, 6.45) is 1.67. The Hall–Kier alpha value is -1.93. The van der Waals surface area contributed by atoms with Crippen molar-refractivity contribution < 1.29 is 8.42 Å². The van der Waals surface area contributed by atoms with Crippen LogP contribution in [-0.2, 0) is 28.7 Å². The molecular formula is C22H34N4O2S2. The van der Waals surface area contributed by atoms with Crippen molar-refractivity contribution >= 4 is 27.2 Å². The minimum absolute atomic E-state index is 0.0565. The molecule has 1 aromatic carbocycles. The minimum Gasteiger partial charge on any atom is -0.360 e. The van der Waals surface area contributed by atoms with E-state index < -0.39 is 9.84 Å². The first kappa shape index (κ1) is 24.3. The molecule has 1 N–H and O–H groups in total. The molecule has 0 saturated heterocycles. The van der Waals surface area contributed by atoms with Gasteiger partial charge in [0, 0.05) is 19.1 Å². The van der Waals surface area contributed by atoms with E-state index in [1.807, 2.05) is 61.4 Å².